The van der Waals surface area contributed by atoms with Gasteiger partial charge in [0.15, 0.2) is 0 Å². The van der Waals surface area contributed by atoms with Crippen LogP contribution in [0.25, 0.3) is 0 Å². The smallest absolute Gasteiger partial charge is 0.253 e. The number of anilines is 1. The number of carbonyl (C=O) groups excluding carboxylic acids is 2. The third kappa shape index (κ3) is 3.78. The third-order valence-electron chi connectivity index (χ3n) is 4.25. The maximum absolute atomic E-state index is 12.4. The Hall–Kier alpha value is -1.59. The largest absolute Gasteiger partial charge is 0.337 e. The fourth-order valence-corrected chi connectivity index (χ4v) is 2.63. The number of carbonyl (C=O) groups is 2. The summed E-state index contributed by atoms with van der Waals surface area (Å²) in [5.41, 5.74) is 1.42. The molecule has 22 heavy (non-hydrogen) atoms. The lowest BCUT2D eigenvalue weighted by Gasteiger charge is -2.23. The number of amides is 2. The fourth-order valence-electron chi connectivity index (χ4n) is 2.63. The summed E-state index contributed by atoms with van der Waals surface area (Å²) >= 11 is 0. The molecule has 1 unspecified atom stereocenters. The lowest BCUT2D eigenvalue weighted by molar-refractivity contribution is -0.117. The zero-order valence-electron chi connectivity index (χ0n) is 12.7. The highest BCUT2D eigenvalue weighted by molar-refractivity contribution is 5.96. The number of hydrogen-bond donors (Lipinski definition) is 2. The summed E-state index contributed by atoms with van der Waals surface area (Å²) in [6.07, 6.45) is 2.98. The molecule has 2 fully saturated rings. The second-order valence-corrected chi connectivity index (χ2v) is 5.90. The van der Waals surface area contributed by atoms with Crippen molar-refractivity contribution in [3.8, 4) is 0 Å². The molecule has 1 aromatic carbocycles. The molecule has 5 nitrogen and oxygen atoms in total. The molecule has 0 spiro atoms. The van der Waals surface area contributed by atoms with Crippen LogP contribution in [0.2, 0.25) is 0 Å². The highest BCUT2D eigenvalue weighted by Gasteiger charge is 2.29. The highest BCUT2D eigenvalue weighted by Crippen LogP contribution is 2.30. The Morgan fingerprint density at radius 1 is 1.18 bits per heavy atom. The van der Waals surface area contributed by atoms with Crippen molar-refractivity contribution < 1.29 is 9.59 Å². The normalized spacial score (nSPS) is 20.1. The number of nitrogens with one attached hydrogen (secondary N) is 2. The van der Waals surface area contributed by atoms with Gasteiger partial charge >= 0.3 is 0 Å². The molecule has 120 valence electrons. The van der Waals surface area contributed by atoms with Crippen LogP contribution in [-0.2, 0) is 4.79 Å². The summed E-state index contributed by atoms with van der Waals surface area (Å²) in [6, 6.07) is 7.43. The SMILES string of the molecule is CN(C(=O)c1ccc(NC(=O)C2CC2)cc1)C1CCNC1.Cl. The van der Waals surface area contributed by atoms with Crippen LogP contribution < -0.4 is 10.6 Å². The van der Waals surface area contributed by atoms with E-state index in [1.807, 2.05) is 7.05 Å². The Morgan fingerprint density at radius 3 is 2.41 bits per heavy atom. The molecule has 3 rings (SSSR count). The minimum atomic E-state index is 0. The zero-order chi connectivity index (χ0) is 14.8. The zero-order valence-corrected chi connectivity index (χ0v) is 13.5. The van der Waals surface area contributed by atoms with E-state index >= 15 is 0 Å². The van der Waals surface area contributed by atoms with Crippen LogP contribution in [0.15, 0.2) is 24.3 Å². The summed E-state index contributed by atoms with van der Waals surface area (Å²) in [7, 11) is 1.85. The number of benzene rings is 1. The average molecular weight is 324 g/mol. The van der Waals surface area contributed by atoms with Gasteiger partial charge in [-0.2, -0.15) is 0 Å². The topological polar surface area (TPSA) is 61.4 Å². The van der Waals surface area contributed by atoms with E-state index in [1.54, 1.807) is 29.2 Å². The molecule has 0 radical (unpaired) electrons. The van der Waals surface area contributed by atoms with E-state index in [9.17, 15) is 9.59 Å². The molecule has 2 amide bonds. The molecule has 1 aromatic rings. The number of rotatable bonds is 4. The van der Waals surface area contributed by atoms with Crippen LogP contribution in [0.5, 0.6) is 0 Å². The van der Waals surface area contributed by atoms with Crippen molar-refractivity contribution >= 4 is 29.9 Å². The maximum atomic E-state index is 12.4. The quantitative estimate of drug-likeness (QED) is 0.889. The number of likely N-dealkylation sites (N-methyl/N-ethyl adjacent to an activating group) is 1. The molecule has 1 aliphatic heterocycles. The molecule has 2 aliphatic rings. The minimum Gasteiger partial charge on any atom is -0.337 e. The maximum Gasteiger partial charge on any atom is 0.253 e. The molecule has 1 saturated heterocycles. The lowest BCUT2D eigenvalue weighted by Crippen LogP contribution is -2.38. The molecular weight excluding hydrogens is 302 g/mol. The van der Waals surface area contributed by atoms with Gasteiger partial charge in [0, 0.05) is 36.8 Å². The molecule has 6 heteroatoms. The number of halogens is 1. The van der Waals surface area contributed by atoms with Crippen LogP contribution in [0.1, 0.15) is 29.6 Å². The molecule has 1 aliphatic carbocycles. The van der Waals surface area contributed by atoms with Crippen LogP contribution in [0.4, 0.5) is 5.69 Å². The van der Waals surface area contributed by atoms with E-state index in [2.05, 4.69) is 10.6 Å². The summed E-state index contributed by atoms with van der Waals surface area (Å²) < 4.78 is 0. The van der Waals surface area contributed by atoms with Gasteiger partial charge in [-0.25, -0.2) is 0 Å². The Kier molecular flexibility index (Phi) is 5.42. The van der Waals surface area contributed by atoms with E-state index in [1.165, 1.54) is 0 Å². The molecule has 1 atom stereocenters. The van der Waals surface area contributed by atoms with Crippen molar-refractivity contribution in [3.63, 3.8) is 0 Å². The predicted octanol–water partition coefficient (Wildman–Crippen LogP) is 1.89. The van der Waals surface area contributed by atoms with Gasteiger partial charge in [-0.15, -0.1) is 12.4 Å². The van der Waals surface area contributed by atoms with Crippen LogP contribution >= 0.6 is 12.4 Å². The Bertz CT molecular complexity index is 537. The average Bonchev–Trinajstić information content (AvgIpc) is 3.22. The molecule has 1 heterocycles. The summed E-state index contributed by atoms with van der Waals surface area (Å²) in [6.45, 7) is 1.83. The van der Waals surface area contributed by atoms with Gasteiger partial charge in [0.2, 0.25) is 5.91 Å². The lowest BCUT2D eigenvalue weighted by atomic mass is 10.1. The van der Waals surface area contributed by atoms with Gasteiger partial charge in [0.1, 0.15) is 0 Å². The van der Waals surface area contributed by atoms with Gasteiger partial charge in [-0.3, -0.25) is 9.59 Å². The third-order valence-corrected chi connectivity index (χ3v) is 4.25. The van der Waals surface area contributed by atoms with Crippen molar-refractivity contribution in [2.24, 2.45) is 5.92 Å². The molecule has 0 aromatic heterocycles. The number of hydrogen-bond acceptors (Lipinski definition) is 3. The Morgan fingerprint density at radius 2 is 1.86 bits per heavy atom. The van der Waals surface area contributed by atoms with E-state index in [0.717, 1.165) is 38.0 Å². The summed E-state index contributed by atoms with van der Waals surface area (Å²) in [5, 5.41) is 6.15. The first-order valence-corrected chi connectivity index (χ1v) is 7.54. The first kappa shape index (κ1) is 16.8. The molecule has 1 saturated carbocycles. The van der Waals surface area contributed by atoms with Crippen LogP contribution in [0, 0.1) is 5.92 Å². The Balaban J connectivity index is 0.00000176. The van der Waals surface area contributed by atoms with Crippen LogP contribution in [0.3, 0.4) is 0 Å². The van der Waals surface area contributed by atoms with Gasteiger partial charge in [0.05, 0.1) is 0 Å². The fraction of sp³-hybridized carbons (Fsp3) is 0.500. The minimum absolute atomic E-state index is 0. The Labute approximate surface area is 136 Å². The van der Waals surface area contributed by atoms with Gasteiger partial charge < -0.3 is 15.5 Å². The number of nitrogens with zero attached hydrogens (tertiary/aromatic N) is 1. The summed E-state index contributed by atoms with van der Waals surface area (Å²) in [4.78, 5) is 25.9. The van der Waals surface area contributed by atoms with Gasteiger partial charge in [-0.1, -0.05) is 0 Å². The molecular formula is C16H22ClN3O2. The van der Waals surface area contributed by atoms with Crippen molar-refractivity contribution in [2.45, 2.75) is 25.3 Å². The second kappa shape index (κ2) is 7.11. The molecule has 0 bridgehead atoms. The second-order valence-electron chi connectivity index (χ2n) is 5.90. The molecule has 2 N–H and O–H groups in total. The summed E-state index contributed by atoms with van der Waals surface area (Å²) in [5.74, 6) is 0.305. The predicted molar refractivity (Wildman–Crippen MR) is 88.4 cm³/mol. The van der Waals surface area contributed by atoms with Gasteiger partial charge in [0.25, 0.3) is 5.91 Å². The van der Waals surface area contributed by atoms with E-state index in [4.69, 9.17) is 0 Å². The monoisotopic (exact) mass is 323 g/mol. The standard InChI is InChI=1S/C16H21N3O2.ClH/c1-19(14-8-9-17-10-14)16(21)12-4-6-13(7-5-12)18-15(20)11-2-3-11;/h4-7,11,14,17H,2-3,8-10H2,1H3,(H,18,20);1H. The van der Waals surface area contributed by atoms with Crippen molar-refractivity contribution in [2.75, 3.05) is 25.5 Å². The van der Waals surface area contributed by atoms with E-state index < -0.39 is 0 Å². The van der Waals surface area contributed by atoms with Crippen molar-refractivity contribution in [1.29, 1.82) is 0 Å². The first-order chi connectivity index (χ1) is 10.1. The highest BCUT2D eigenvalue weighted by atomic mass is 35.5. The van der Waals surface area contributed by atoms with E-state index in [0.29, 0.717) is 5.56 Å². The van der Waals surface area contributed by atoms with E-state index in [-0.39, 0.29) is 36.2 Å². The first-order valence-electron chi connectivity index (χ1n) is 7.54. The van der Waals surface area contributed by atoms with Crippen molar-refractivity contribution in [1.82, 2.24) is 10.2 Å². The van der Waals surface area contributed by atoms with Gasteiger partial charge in [-0.05, 0) is 50.1 Å². The van der Waals surface area contributed by atoms with Crippen molar-refractivity contribution in [3.05, 3.63) is 29.8 Å². The van der Waals surface area contributed by atoms with Crippen LogP contribution in [-0.4, -0.2) is 42.9 Å².